The van der Waals surface area contributed by atoms with Gasteiger partial charge in [0.25, 0.3) is 10.0 Å². The van der Waals surface area contributed by atoms with Crippen LogP contribution >= 0.6 is 0 Å². The van der Waals surface area contributed by atoms with Crippen molar-refractivity contribution in [2.24, 2.45) is 7.05 Å². The Kier molecular flexibility index (Phi) is 3.87. The molecule has 1 amide bonds. The second-order valence-corrected chi connectivity index (χ2v) is 7.73. The molecule has 7 nitrogen and oxygen atoms in total. The molecule has 1 aliphatic carbocycles. The van der Waals surface area contributed by atoms with Crippen molar-refractivity contribution in [2.75, 3.05) is 7.11 Å². The van der Waals surface area contributed by atoms with Crippen molar-refractivity contribution in [3.05, 3.63) is 41.7 Å². The number of rotatable bonds is 5. The summed E-state index contributed by atoms with van der Waals surface area (Å²) in [5.41, 5.74) is 0.917. The normalized spacial score (nSPS) is 15.8. The minimum absolute atomic E-state index is 0.0318. The van der Waals surface area contributed by atoms with E-state index >= 15 is 0 Å². The molecule has 1 N–H and O–H groups in total. The zero-order chi connectivity index (χ0) is 17.5. The van der Waals surface area contributed by atoms with E-state index in [1.54, 1.807) is 20.2 Å². The van der Waals surface area contributed by atoms with Crippen LogP contribution in [0.1, 0.15) is 24.0 Å². The number of benzene rings is 1. The fourth-order valence-corrected chi connectivity index (χ4v) is 3.74. The van der Waals surface area contributed by atoms with Crippen LogP contribution in [0.15, 0.2) is 35.5 Å². The molecule has 0 bridgehead atoms. The summed E-state index contributed by atoms with van der Waals surface area (Å²) < 4.78 is 33.5. The number of aryl methyl sites for hydroxylation is 2. The molecule has 0 spiro atoms. The number of methoxy groups -OCH3 is 1. The van der Waals surface area contributed by atoms with Crippen LogP contribution in [-0.4, -0.2) is 31.2 Å². The topological polar surface area (TPSA) is 90.3 Å². The van der Waals surface area contributed by atoms with Crippen LogP contribution in [0.2, 0.25) is 0 Å². The summed E-state index contributed by atoms with van der Waals surface area (Å²) in [5.74, 6) is 0.166. The number of carbonyl (C=O) groups is 1. The van der Waals surface area contributed by atoms with E-state index in [0.29, 0.717) is 18.6 Å². The average molecular weight is 349 g/mol. The first-order valence-corrected chi connectivity index (χ1v) is 8.98. The van der Waals surface area contributed by atoms with Crippen molar-refractivity contribution in [1.82, 2.24) is 14.5 Å². The lowest BCUT2D eigenvalue weighted by Gasteiger charge is -2.17. The predicted molar refractivity (Wildman–Crippen MR) is 87.2 cm³/mol. The number of aromatic nitrogens is 2. The molecule has 2 aromatic rings. The van der Waals surface area contributed by atoms with E-state index in [4.69, 9.17) is 4.74 Å². The number of sulfonamides is 1. The van der Waals surface area contributed by atoms with Crippen LogP contribution < -0.4 is 9.46 Å². The second kappa shape index (κ2) is 5.62. The summed E-state index contributed by atoms with van der Waals surface area (Å²) >= 11 is 0. The van der Waals surface area contributed by atoms with E-state index in [-0.39, 0.29) is 4.90 Å². The van der Waals surface area contributed by atoms with E-state index < -0.39 is 21.3 Å². The van der Waals surface area contributed by atoms with Gasteiger partial charge in [-0.05, 0) is 37.0 Å². The Bertz CT molecular complexity index is 898. The van der Waals surface area contributed by atoms with Crippen LogP contribution in [-0.2, 0) is 27.3 Å². The van der Waals surface area contributed by atoms with Gasteiger partial charge in [0.1, 0.15) is 10.6 Å². The molecular weight excluding hydrogens is 330 g/mol. The van der Waals surface area contributed by atoms with E-state index in [0.717, 1.165) is 11.1 Å². The zero-order valence-corrected chi connectivity index (χ0v) is 14.6. The monoisotopic (exact) mass is 349 g/mol. The third kappa shape index (κ3) is 2.77. The first kappa shape index (κ1) is 16.5. The van der Waals surface area contributed by atoms with Crippen molar-refractivity contribution in [1.29, 1.82) is 0 Å². The lowest BCUT2D eigenvalue weighted by Crippen LogP contribution is -2.38. The van der Waals surface area contributed by atoms with Gasteiger partial charge in [0.15, 0.2) is 0 Å². The summed E-state index contributed by atoms with van der Waals surface area (Å²) in [6.45, 7) is 1.91. The van der Waals surface area contributed by atoms with Gasteiger partial charge in [0.2, 0.25) is 5.91 Å². The lowest BCUT2D eigenvalue weighted by atomic mass is 9.94. The van der Waals surface area contributed by atoms with Gasteiger partial charge in [-0.25, -0.2) is 13.1 Å². The Hall–Kier alpha value is -2.35. The first-order valence-electron chi connectivity index (χ1n) is 7.49. The summed E-state index contributed by atoms with van der Waals surface area (Å²) in [6, 6.07) is 5.52. The second-order valence-electron chi connectivity index (χ2n) is 6.05. The molecule has 8 heteroatoms. The molecule has 0 saturated heterocycles. The maximum Gasteiger partial charge on any atom is 0.267 e. The van der Waals surface area contributed by atoms with E-state index in [1.807, 2.05) is 19.1 Å². The van der Waals surface area contributed by atoms with Crippen LogP contribution in [0, 0.1) is 6.92 Å². The summed E-state index contributed by atoms with van der Waals surface area (Å²) in [5, 5.41) is 3.83. The molecule has 0 unspecified atom stereocenters. The zero-order valence-electron chi connectivity index (χ0n) is 13.7. The highest BCUT2D eigenvalue weighted by Gasteiger charge is 2.52. The summed E-state index contributed by atoms with van der Waals surface area (Å²) in [7, 11) is -0.747. The molecule has 1 aromatic carbocycles. The van der Waals surface area contributed by atoms with Crippen molar-refractivity contribution >= 4 is 15.9 Å². The van der Waals surface area contributed by atoms with Gasteiger partial charge in [-0.15, -0.1) is 0 Å². The smallest absolute Gasteiger partial charge is 0.267 e. The van der Waals surface area contributed by atoms with Gasteiger partial charge in [0, 0.05) is 13.2 Å². The minimum Gasteiger partial charge on any atom is -0.496 e. The van der Waals surface area contributed by atoms with Gasteiger partial charge in [-0.1, -0.05) is 12.1 Å². The summed E-state index contributed by atoms with van der Waals surface area (Å²) in [4.78, 5) is 12.6. The van der Waals surface area contributed by atoms with Crippen LogP contribution in [0.5, 0.6) is 5.75 Å². The fraction of sp³-hybridized carbons (Fsp3) is 0.375. The number of nitrogens with zero attached hydrogens (tertiary/aromatic N) is 2. The van der Waals surface area contributed by atoms with Crippen LogP contribution in [0.3, 0.4) is 0 Å². The van der Waals surface area contributed by atoms with E-state index in [9.17, 15) is 13.2 Å². The van der Waals surface area contributed by atoms with Gasteiger partial charge >= 0.3 is 0 Å². The minimum atomic E-state index is -3.93. The molecule has 1 aliphatic rings. The largest absolute Gasteiger partial charge is 0.496 e. The molecule has 0 radical (unpaired) electrons. The standard InChI is InChI=1S/C16H19N3O4S/c1-11-4-5-12(8-14(11)23-3)16(6-7-16)15(20)18-24(21,22)13-9-17-19(2)10-13/h4-5,8-10H,6-7H2,1-3H3,(H,18,20). The Balaban J connectivity index is 1.87. The molecular formula is C16H19N3O4S. The number of amides is 1. The maximum atomic E-state index is 12.6. The first-order chi connectivity index (χ1) is 11.3. The van der Waals surface area contributed by atoms with Gasteiger partial charge in [0.05, 0.1) is 18.7 Å². The third-order valence-corrected chi connectivity index (χ3v) is 5.65. The lowest BCUT2D eigenvalue weighted by molar-refractivity contribution is -0.121. The Labute approximate surface area is 140 Å². The average Bonchev–Trinajstić information content (AvgIpc) is 3.22. The molecule has 0 atom stereocenters. The predicted octanol–water partition coefficient (Wildman–Crippen LogP) is 1.27. The Morgan fingerprint density at radius 3 is 2.62 bits per heavy atom. The van der Waals surface area contributed by atoms with Crippen LogP contribution in [0.4, 0.5) is 0 Å². The molecule has 1 saturated carbocycles. The van der Waals surface area contributed by atoms with Gasteiger partial charge in [-0.3, -0.25) is 9.48 Å². The molecule has 128 valence electrons. The SMILES string of the molecule is COc1cc(C2(C(=O)NS(=O)(=O)c3cnn(C)c3)CC2)ccc1C. The third-order valence-electron chi connectivity index (χ3n) is 4.36. The van der Waals surface area contributed by atoms with Crippen molar-refractivity contribution in [3.63, 3.8) is 0 Å². The number of ether oxygens (including phenoxy) is 1. The van der Waals surface area contributed by atoms with Gasteiger partial charge < -0.3 is 4.74 Å². The van der Waals surface area contributed by atoms with Crippen molar-refractivity contribution in [3.8, 4) is 5.75 Å². The summed E-state index contributed by atoms with van der Waals surface area (Å²) in [6.07, 6.45) is 3.77. The Morgan fingerprint density at radius 1 is 1.38 bits per heavy atom. The van der Waals surface area contributed by atoms with Gasteiger partial charge in [-0.2, -0.15) is 5.10 Å². The number of hydrogen-bond donors (Lipinski definition) is 1. The number of carbonyl (C=O) groups excluding carboxylic acids is 1. The molecule has 1 fully saturated rings. The molecule has 24 heavy (non-hydrogen) atoms. The van der Waals surface area contributed by atoms with Crippen molar-refractivity contribution < 1.29 is 17.9 Å². The van der Waals surface area contributed by atoms with E-state index in [1.165, 1.54) is 17.1 Å². The highest BCUT2D eigenvalue weighted by molar-refractivity contribution is 7.90. The molecule has 3 rings (SSSR count). The molecule has 1 heterocycles. The maximum absolute atomic E-state index is 12.6. The van der Waals surface area contributed by atoms with Crippen molar-refractivity contribution in [2.45, 2.75) is 30.1 Å². The molecule has 1 aromatic heterocycles. The quantitative estimate of drug-likeness (QED) is 0.878. The highest BCUT2D eigenvalue weighted by atomic mass is 32.2. The Morgan fingerprint density at radius 2 is 2.08 bits per heavy atom. The number of hydrogen-bond acceptors (Lipinski definition) is 5. The number of nitrogens with one attached hydrogen (secondary N) is 1. The fourth-order valence-electron chi connectivity index (χ4n) is 2.71. The van der Waals surface area contributed by atoms with Crippen LogP contribution in [0.25, 0.3) is 0 Å². The van der Waals surface area contributed by atoms with E-state index in [2.05, 4.69) is 9.82 Å². The molecule has 0 aliphatic heterocycles. The highest BCUT2D eigenvalue weighted by Crippen LogP contribution is 2.49.